The number of rotatable bonds is 5. The summed E-state index contributed by atoms with van der Waals surface area (Å²) in [6.45, 7) is 3.56. The first-order chi connectivity index (χ1) is 13.7. The number of carbonyl (C=O) groups excluding carboxylic acids is 1. The molecule has 1 aromatic heterocycles. The zero-order valence-electron chi connectivity index (χ0n) is 15.4. The lowest BCUT2D eigenvalue weighted by molar-refractivity contribution is 0.0636. The number of hydrogen-bond donors (Lipinski definition) is 0. The van der Waals surface area contributed by atoms with Crippen LogP contribution in [-0.2, 0) is 6.42 Å². The summed E-state index contributed by atoms with van der Waals surface area (Å²) < 4.78 is 19.1. The highest BCUT2D eigenvalue weighted by Gasteiger charge is 2.22. The van der Waals surface area contributed by atoms with Gasteiger partial charge < -0.3 is 9.32 Å². The van der Waals surface area contributed by atoms with Crippen molar-refractivity contribution < 1.29 is 13.6 Å². The third kappa shape index (κ3) is 4.26. The number of benzene rings is 2. The molecule has 0 radical (unpaired) electrons. The molecule has 1 aliphatic rings. The van der Waals surface area contributed by atoms with Crippen molar-refractivity contribution in [3.63, 3.8) is 0 Å². The van der Waals surface area contributed by atoms with E-state index in [1.54, 1.807) is 17.0 Å². The number of amides is 1. The van der Waals surface area contributed by atoms with Gasteiger partial charge in [0, 0.05) is 50.3 Å². The summed E-state index contributed by atoms with van der Waals surface area (Å²) in [6, 6.07) is 15.5. The molecular formula is C21H21FN4O2. The zero-order valence-corrected chi connectivity index (χ0v) is 15.4. The third-order valence-corrected chi connectivity index (χ3v) is 4.86. The van der Waals surface area contributed by atoms with E-state index in [4.69, 9.17) is 4.42 Å². The molecule has 0 spiro atoms. The van der Waals surface area contributed by atoms with E-state index in [9.17, 15) is 9.18 Å². The van der Waals surface area contributed by atoms with Crippen LogP contribution in [0.1, 0.15) is 16.2 Å². The van der Waals surface area contributed by atoms with Gasteiger partial charge in [-0.25, -0.2) is 4.39 Å². The summed E-state index contributed by atoms with van der Waals surface area (Å²) in [6.07, 6.45) is 0.664. The summed E-state index contributed by atoms with van der Waals surface area (Å²) in [4.78, 5) is 16.5. The Morgan fingerprint density at radius 1 is 1.00 bits per heavy atom. The minimum Gasteiger partial charge on any atom is -0.421 e. The Labute approximate surface area is 162 Å². The molecule has 0 bridgehead atoms. The van der Waals surface area contributed by atoms with Crippen molar-refractivity contribution in [2.45, 2.75) is 6.42 Å². The molecule has 1 fully saturated rings. The van der Waals surface area contributed by atoms with Crippen LogP contribution in [0.25, 0.3) is 11.5 Å². The number of halogens is 1. The van der Waals surface area contributed by atoms with E-state index in [-0.39, 0.29) is 11.7 Å². The first kappa shape index (κ1) is 18.3. The topological polar surface area (TPSA) is 62.5 Å². The van der Waals surface area contributed by atoms with Crippen molar-refractivity contribution in [2.24, 2.45) is 0 Å². The third-order valence-electron chi connectivity index (χ3n) is 4.86. The maximum atomic E-state index is 13.3. The Bertz CT molecular complexity index is 936. The highest BCUT2D eigenvalue weighted by atomic mass is 19.1. The summed E-state index contributed by atoms with van der Waals surface area (Å²) >= 11 is 0. The summed E-state index contributed by atoms with van der Waals surface area (Å²) in [7, 11) is 0. The molecule has 4 rings (SSSR count). The zero-order chi connectivity index (χ0) is 19.3. The van der Waals surface area contributed by atoms with Crippen molar-refractivity contribution in [3.05, 3.63) is 71.9 Å². The fraction of sp³-hybridized carbons (Fsp3) is 0.286. The quantitative estimate of drug-likeness (QED) is 0.681. The Morgan fingerprint density at radius 3 is 2.54 bits per heavy atom. The first-order valence-electron chi connectivity index (χ1n) is 9.34. The summed E-state index contributed by atoms with van der Waals surface area (Å²) in [5.41, 5.74) is 1.30. The molecular weight excluding hydrogens is 359 g/mol. The van der Waals surface area contributed by atoms with Crippen LogP contribution < -0.4 is 0 Å². The Balaban J connectivity index is 1.27. The number of nitrogens with zero attached hydrogens (tertiary/aromatic N) is 4. The van der Waals surface area contributed by atoms with E-state index in [1.165, 1.54) is 12.1 Å². The van der Waals surface area contributed by atoms with Gasteiger partial charge in [-0.15, -0.1) is 10.2 Å². The van der Waals surface area contributed by atoms with Gasteiger partial charge in [-0.3, -0.25) is 9.69 Å². The van der Waals surface area contributed by atoms with Gasteiger partial charge >= 0.3 is 0 Å². The van der Waals surface area contributed by atoms with E-state index in [0.29, 0.717) is 36.9 Å². The average Bonchev–Trinajstić information content (AvgIpc) is 3.22. The molecule has 7 heteroatoms. The molecule has 28 heavy (non-hydrogen) atoms. The number of carbonyl (C=O) groups is 1. The standard InChI is InChI=1S/C21H21FN4O2/c22-18-8-4-7-17(15-18)21(27)26-13-11-25(12-14-26)10-9-19-23-24-20(28-19)16-5-2-1-3-6-16/h1-8,15H,9-14H2. The molecule has 1 aliphatic heterocycles. The van der Waals surface area contributed by atoms with Crippen molar-refractivity contribution in [2.75, 3.05) is 32.7 Å². The molecule has 3 aromatic rings. The predicted molar refractivity (Wildman–Crippen MR) is 102 cm³/mol. The smallest absolute Gasteiger partial charge is 0.254 e. The van der Waals surface area contributed by atoms with E-state index in [2.05, 4.69) is 15.1 Å². The molecule has 0 aliphatic carbocycles. The molecule has 0 atom stereocenters. The predicted octanol–water partition coefficient (Wildman–Crippen LogP) is 2.88. The van der Waals surface area contributed by atoms with Crippen molar-refractivity contribution in [3.8, 4) is 11.5 Å². The maximum absolute atomic E-state index is 13.3. The fourth-order valence-corrected chi connectivity index (χ4v) is 3.28. The molecule has 2 aromatic carbocycles. The van der Waals surface area contributed by atoms with Gasteiger partial charge in [-0.1, -0.05) is 24.3 Å². The number of hydrogen-bond acceptors (Lipinski definition) is 5. The Kier molecular flexibility index (Phi) is 5.43. The van der Waals surface area contributed by atoms with Gasteiger partial charge in [0.05, 0.1) is 0 Å². The van der Waals surface area contributed by atoms with E-state index in [0.717, 1.165) is 25.2 Å². The van der Waals surface area contributed by atoms with Gasteiger partial charge in [0.15, 0.2) is 0 Å². The van der Waals surface area contributed by atoms with E-state index in [1.807, 2.05) is 30.3 Å². The van der Waals surface area contributed by atoms with Gasteiger partial charge in [-0.05, 0) is 30.3 Å². The number of piperazine rings is 1. The molecule has 0 N–H and O–H groups in total. The largest absolute Gasteiger partial charge is 0.421 e. The van der Waals surface area contributed by atoms with Crippen LogP contribution in [0, 0.1) is 5.82 Å². The van der Waals surface area contributed by atoms with Crippen molar-refractivity contribution in [1.29, 1.82) is 0 Å². The second kappa shape index (κ2) is 8.31. The summed E-state index contributed by atoms with van der Waals surface area (Å²) in [5.74, 6) is 0.626. The summed E-state index contributed by atoms with van der Waals surface area (Å²) in [5, 5.41) is 8.23. The van der Waals surface area contributed by atoms with E-state index < -0.39 is 0 Å². The van der Waals surface area contributed by atoms with Gasteiger partial charge in [-0.2, -0.15) is 0 Å². The Hall–Kier alpha value is -3.06. The molecule has 1 saturated heterocycles. The molecule has 0 unspecified atom stereocenters. The first-order valence-corrected chi connectivity index (χ1v) is 9.34. The van der Waals surface area contributed by atoms with E-state index >= 15 is 0 Å². The SMILES string of the molecule is O=C(c1cccc(F)c1)N1CCN(CCc2nnc(-c3ccccc3)o2)CC1. The van der Waals surface area contributed by atoms with Crippen LogP contribution in [0.4, 0.5) is 4.39 Å². The lowest BCUT2D eigenvalue weighted by Crippen LogP contribution is -2.49. The van der Waals surface area contributed by atoms with Crippen LogP contribution in [0.2, 0.25) is 0 Å². The molecule has 0 saturated carbocycles. The highest BCUT2D eigenvalue weighted by Crippen LogP contribution is 2.17. The average molecular weight is 380 g/mol. The molecule has 2 heterocycles. The van der Waals surface area contributed by atoms with Crippen LogP contribution in [-0.4, -0.2) is 58.6 Å². The monoisotopic (exact) mass is 380 g/mol. The van der Waals surface area contributed by atoms with Gasteiger partial charge in [0.2, 0.25) is 11.8 Å². The number of aromatic nitrogens is 2. The van der Waals surface area contributed by atoms with Crippen molar-refractivity contribution >= 4 is 5.91 Å². The fourth-order valence-electron chi connectivity index (χ4n) is 3.28. The van der Waals surface area contributed by atoms with Crippen molar-refractivity contribution in [1.82, 2.24) is 20.0 Å². The van der Waals surface area contributed by atoms with Crippen LogP contribution >= 0.6 is 0 Å². The molecule has 6 nitrogen and oxygen atoms in total. The minimum absolute atomic E-state index is 0.122. The molecule has 144 valence electrons. The van der Waals surface area contributed by atoms with Crippen LogP contribution in [0.5, 0.6) is 0 Å². The molecule has 1 amide bonds. The maximum Gasteiger partial charge on any atom is 0.254 e. The Morgan fingerprint density at radius 2 is 1.79 bits per heavy atom. The highest BCUT2D eigenvalue weighted by molar-refractivity contribution is 5.94. The van der Waals surface area contributed by atoms with Crippen LogP contribution in [0.3, 0.4) is 0 Å². The second-order valence-corrected chi connectivity index (χ2v) is 6.76. The van der Waals surface area contributed by atoms with Crippen LogP contribution in [0.15, 0.2) is 59.0 Å². The minimum atomic E-state index is -0.390. The normalized spacial score (nSPS) is 15.0. The lowest BCUT2D eigenvalue weighted by Gasteiger charge is -2.34. The van der Waals surface area contributed by atoms with Gasteiger partial charge in [0.25, 0.3) is 5.91 Å². The van der Waals surface area contributed by atoms with Gasteiger partial charge in [0.1, 0.15) is 5.82 Å². The second-order valence-electron chi connectivity index (χ2n) is 6.76. The lowest BCUT2D eigenvalue weighted by atomic mass is 10.1.